The first-order valence-corrected chi connectivity index (χ1v) is 7.01. The predicted molar refractivity (Wildman–Crippen MR) is 82.4 cm³/mol. The molecule has 0 amide bonds. The highest BCUT2D eigenvalue weighted by molar-refractivity contribution is 5.85. The van der Waals surface area contributed by atoms with E-state index >= 15 is 0 Å². The number of carboxylic acids is 1. The lowest BCUT2D eigenvalue weighted by molar-refractivity contribution is -0.131. The molecule has 0 atom stereocenters. The van der Waals surface area contributed by atoms with Gasteiger partial charge in [-0.1, -0.05) is 12.1 Å². The van der Waals surface area contributed by atoms with Gasteiger partial charge in [0, 0.05) is 25.2 Å². The Bertz CT molecular complexity index is 471. The first-order chi connectivity index (χ1) is 10.0. The zero-order valence-electron chi connectivity index (χ0n) is 12.5. The van der Waals surface area contributed by atoms with Crippen molar-refractivity contribution in [3.63, 3.8) is 0 Å². The van der Waals surface area contributed by atoms with Gasteiger partial charge >= 0.3 is 5.97 Å². The highest BCUT2D eigenvalue weighted by Gasteiger charge is 2.08. The molecule has 0 heterocycles. The van der Waals surface area contributed by atoms with Crippen LogP contribution in [0.15, 0.2) is 30.3 Å². The van der Waals surface area contributed by atoms with E-state index in [0.717, 1.165) is 18.2 Å². The minimum absolute atomic E-state index is 0.133. The van der Waals surface area contributed by atoms with Gasteiger partial charge in [0.25, 0.3) is 0 Å². The molecule has 1 aromatic carbocycles. The molecule has 116 valence electrons. The molecule has 0 spiro atoms. The molecule has 1 rings (SSSR count). The summed E-state index contributed by atoms with van der Waals surface area (Å²) in [6.07, 6.45) is 2.63. The number of aliphatic carboxylic acids is 1. The van der Waals surface area contributed by atoms with Gasteiger partial charge in [0.2, 0.25) is 0 Å². The van der Waals surface area contributed by atoms with Gasteiger partial charge in [-0.15, -0.1) is 0 Å². The molecule has 5 heteroatoms. The highest BCUT2D eigenvalue weighted by atomic mass is 16.5. The quantitative estimate of drug-likeness (QED) is 0.680. The normalized spacial score (nSPS) is 11.5. The van der Waals surface area contributed by atoms with Crippen molar-refractivity contribution in [3.8, 4) is 5.75 Å². The molecule has 0 unspecified atom stereocenters. The lowest BCUT2D eigenvalue weighted by atomic mass is 10.2. The van der Waals surface area contributed by atoms with Crippen molar-refractivity contribution in [1.29, 1.82) is 0 Å². The van der Waals surface area contributed by atoms with Gasteiger partial charge in [-0.05, 0) is 37.6 Å². The summed E-state index contributed by atoms with van der Waals surface area (Å²) in [7, 11) is 0. The van der Waals surface area contributed by atoms with Gasteiger partial charge in [0.15, 0.2) is 0 Å². The fraction of sp³-hybridized carbons (Fsp3) is 0.438. The van der Waals surface area contributed by atoms with Gasteiger partial charge < -0.3 is 14.9 Å². The topological polar surface area (TPSA) is 70.0 Å². The molecule has 0 aliphatic heterocycles. The molecule has 0 aliphatic rings. The van der Waals surface area contributed by atoms with Crippen LogP contribution in [0.3, 0.4) is 0 Å². The summed E-state index contributed by atoms with van der Waals surface area (Å²) < 4.78 is 5.68. The molecule has 0 aromatic heterocycles. The maximum Gasteiger partial charge on any atom is 0.328 e. The molecule has 0 saturated carbocycles. The number of rotatable bonds is 9. The number of aliphatic hydroxyl groups excluding tert-OH is 1. The molecule has 21 heavy (non-hydrogen) atoms. The van der Waals surface area contributed by atoms with Gasteiger partial charge in [0.1, 0.15) is 12.4 Å². The van der Waals surface area contributed by atoms with Crippen molar-refractivity contribution in [2.45, 2.75) is 19.9 Å². The number of carbonyl (C=O) groups is 1. The van der Waals surface area contributed by atoms with Crippen LogP contribution in [0.5, 0.6) is 5.75 Å². The zero-order chi connectivity index (χ0) is 15.7. The average molecular weight is 293 g/mol. The fourth-order valence-electron chi connectivity index (χ4n) is 1.91. The van der Waals surface area contributed by atoms with Gasteiger partial charge in [-0.2, -0.15) is 0 Å². The number of hydrogen-bond donors (Lipinski definition) is 2. The lowest BCUT2D eigenvalue weighted by Crippen LogP contribution is -2.36. The second kappa shape index (κ2) is 9.15. The van der Waals surface area contributed by atoms with E-state index in [0.29, 0.717) is 24.9 Å². The predicted octanol–water partition coefficient (Wildman–Crippen LogP) is 1.87. The summed E-state index contributed by atoms with van der Waals surface area (Å²) in [6.45, 7) is 6.16. The SMILES string of the molecule is CC(C)N(CCO)CCOc1cccc(C=CC(=O)O)c1. The summed E-state index contributed by atoms with van der Waals surface area (Å²) >= 11 is 0. The first kappa shape index (κ1) is 17.2. The molecular formula is C16H23NO4. The van der Waals surface area contributed by atoms with Gasteiger partial charge in [-0.25, -0.2) is 4.79 Å². The molecule has 0 radical (unpaired) electrons. The highest BCUT2D eigenvalue weighted by Crippen LogP contribution is 2.14. The smallest absolute Gasteiger partial charge is 0.328 e. The van der Waals surface area contributed by atoms with E-state index in [1.807, 2.05) is 18.2 Å². The number of benzene rings is 1. The minimum atomic E-state index is -0.974. The summed E-state index contributed by atoms with van der Waals surface area (Å²) in [6, 6.07) is 7.63. The number of hydrogen-bond acceptors (Lipinski definition) is 4. The van der Waals surface area contributed by atoms with Crippen LogP contribution in [0, 0.1) is 0 Å². The van der Waals surface area contributed by atoms with Crippen molar-refractivity contribution in [1.82, 2.24) is 4.90 Å². The summed E-state index contributed by atoms with van der Waals surface area (Å²) in [4.78, 5) is 12.6. The van der Waals surface area contributed by atoms with Gasteiger partial charge in [-0.3, -0.25) is 4.90 Å². The minimum Gasteiger partial charge on any atom is -0.492 e. The maximum atomic E-state index is 10.5. The third-order valence-electron chi connectivity index (χ3n) is 3.04. The Morgan fingerprint density at radius 1 is 1.38 bits per heavy atom. The molecule has 1 aromatic rings. The van der Waals surface area contributed by atoms with Crippen molar-refractivity contribution in [2.75, 3.05) is 26.3 Å². The largest absolute Gasteiger partial charge is 0.492 e. The first-order valence-electron chi connectivity index (χ1n) is 7.01. The summed E-state index contributed by atoms with van der Waals surface area (Å²) in [5.74, 6) is -0.270. The molecule has 2 N–H and O–H groups in total. The fourth-order valence-corrected chi connectivity index (χ4v) is 1.91. The van der Waals surface area contributed by atoms with Crippen LogP contribution < -0.4 is 4.74 Å². The van der Waals surface area contributed by atoms with E-state index in [9.17, 15) is 4.79 Å². The van der Waals surface area contributed by atoms with Crippen molar-refractivity contribution < 1.29 is 19.7 Å². The molecule has 5 nitrogen and oxygen atoms in total. The van der Waals surface area contributed by atoms with E-state index in [2.05, 4.69) is 18.7 Å². The van der Waals surface area contributed by atoms with Crippen LogP contribution in [0.4, 0.5) is 0 Å². The second-order valence-electron chi connectivity index (χ2n) is 4.95. The van der Waals surface area contributed by atoms with E-state index in [1.54, 1.807) is 6.07 Å². The number of nitrogens with zero attached hydrogens (tertiary/aromatic N) is 1. The molecule has 0 fully saturated rings. The summed E-state index contributed by atoms with van der Waals surface area (Å²) in [5.41, 5.74) is 0.783. The standard InChI is InChI=1S/C16H23NO4/c1-13(2)17(8-10-18)9-11-21-15-5-3-4-14(12-15)6-7-16(19)20/h3-7,12-13,18H,8-11H2,1-2H3,(H,19,20). The molecular weight excluding hydrogens is 270 g/mol. The molecule has 0 saturated heterocycles. The molecule has 0 aliphatic carbocycles. The Morgan fingerprint density at radius 2 is 2.14 bits per heavy atom. The van der Waals surface area contributed by atoms with Crippen LogP contribution in [-0.2, 0) is 4.79 Å². The van der Waals surface area contributed by atoms with E-state index in [-0.39, 0.29) is 6.61 Å². The van der Waals surface area contributed by atoms with Gasteiger partial charge in [0.05, 0.1) is 6.61 Å². The van der Waals surface area contributed by atoms with Crippen LogP contribution in [0.1, 0.15) is 19.4 Å². The monoisotopic (exact) mass is 293 g/mol. The Kier molecular flexibility index (Phi) is 7.50. The number of carboxylic acid groups (broad SMARTS) is 1. The average Bonchev–Trinajstić information content (AvgIpc) is 2.44. The maximum absolute atomic E-state index is 10.5. The Hall–Kier alpha value is -1.85. The van der Waals surface area contributed by atoms with Crippen LogP contribution in [0.2, 0.25) is 0 Å². The Balaban J connectivity index is 2.51. The zero-order valence-corrected chi connectivity index (χ0v) is 12.5. The second-order valence-corrected chi connectivity index (χ2v) is 4.95. The van der Waals surface area contributed by atoms with Crippen LogP contribution in [-0.4, -0.2) is 53.4 Å². The third-order valence-corrected chi connectivity index (χ3v) is 3.04. The van der Waals surface area contributed by atoms with Crippen molar-refractivity contribution in [3.05, 3.63) is 35.9 Å². The van der Waals surface area contributed by atoms with Crippen molar-refractivity contribution >= 4 is 12.0 Å². The Labute approximate surface area is 125 Å². The number of aliphatic hydroxyl groups is 1. The van der Waals surface area contributed by atoms with Crippen LogP contribution >= 0.6 is 0 Å². The van der Waals surface area contributed by atoms with E-state index in [4.69, 9.17) is 14.9 Å². The summed E-state index contributed by atoms with van der Waals surface area (Å²) in [5, 5.41) is 17.6. The van der Waals surface area contributed by atoms with Crippen LogP contribution in [0.25, 0.3) is 6.08 Å². The van der Waals surface area contributed by atoms with E-state index in [1.165, 1.54) is 6.08 Å². The molecule has 0 bridgehead atoms. The lowest BCUT2D eigenvalue weighted by Gasteiger charge is -2.25. The van der Waals surface area contributed by atoms with Crippen molar-refractivity contribution in [2.24, 2.45) is 0 Å². The van der Waals surface area contributed by atoms with E-state index < -0.39 is 5.97 Å². The number of ether oxygens (including phenoxy) is 1. The Morgan fingerprint density at radius 3 is 2.76 bits per heavy atom. The third kappa shape index (κ3) is 6.92.